The number of nitrogens with two attached hydrogens (primary N) is 1. The van der Waals surface area contributed by atoms with Crippen LogP contribution in [0.2, 0.25) is 0 Å². The highest BCUT2D eigenvalue weighted by molar-refractivity contribution is 7.19. The fourth-order valence-electron chi connectivity index (χ4n) is 2.17. The van der Waals surface area contributed by atoms with Crippen LogP contribution in [-0.4, -0.2) is 9.55 Å². The molecule has 0 saturated heterocycles. The fraction of sp³-hybridized carbons (Fsp3) is 0.214. The lowest BCUT2D eigenvalue weighted by Crippen LogP contribution is -2.16. The average Bonchev–Trinajstić information content (AvgIpc) is 3.03. The largest absolute Gasteiger partial charge is 0.334 e. The Morgan fingerprint density at radius 3 is 3.05 bits per heavy atom. The molecule has 3 aromatic rings. The Morgan fingerprint density at radius 2 is 2.26 bits per heavy atom. The maximum atomic E-state index is 13.2. The minimum Gasteiger partial charge on any atom is -0.334 e. The summed E-state index contributed by atoms with van der Waals surface area (Å²) < 4.78 is 16.1. The monoisotopic (exact) mass is 275 g/mol. The third kappa shape index (κ3) is 2.15. The third-order valence-electron chi connectivity index (χ3n) is 3.17. The van der Waals surface area contributed by atoms with Gasteiger partial charge in [-0.1, -0.05) is 6.07 Å². The van der Waals surface area contributed by atoms with E-state index in [0.717, 1.165) is 27.3 Å². The van der Waals surface area contributed by atoms with Crippen LogP contribution in [0.3, 0.4) is 0 Å². The molecule has 0 fully saturated rings. The van der Waals surface area contributed by atoms with Crippen LogP contribution in [0.25, 0.3) is 10.1 Å². The van der Waals surface area contributed by atoms with Crippen molar-refractivity contribution in [1.29, 1.82) is 0 Å². The normalized spacial score (nSPS) is 13.0. The number of halogens is 1. The van der Waals surface area contributed by atoms with E-state index in [1.807, 2.05) is 16.8 Å². The van der Waals surface area contributed by atoms with Crippen molar-refractivity contribution in [2.75, 3.05) is 0 Å². The molecule has 1 aromatic carbocycles. The standard InChI is InChI=1S/C14H14FN3S/c1-2-18-6-5-17-14(18)13(16)12-7-9-3-4-10(15)8-11(9)19-12/h3-8,13H,2,16H2,1H3. The Hall–Kier alpha value is -1.72. The number of thiophene rings is 1. The molecule has 3 nitrogen and oxygen atoms in total. The van der Waals surface area contributed by atoms with Gasteiger partial charge in [-0.3, -0.25) is 0 Å². The van der Waals surface area contributed by atoms with Gasteiger partial charge in [0.1, 0.15) is 11.6 Å². The van der Waals surface area contributed by atoms with E-state index in [4.69, 9.17) is 5.73 Å². The number of hydrogen-bond acceptors (Lipinski definition) is 3. The van der Waals surface area contributed by atoms with E-state index in [1.54, 1.807) is 18.3 Å². The van der Waals surface area contributed by atoms with E-state index in [0.29, 0.717) is 0 Å². The molecule has 0 aliphatic heterocycles. The fourth-order valence-corrected chi connectivity index (χ4v) is 3.26. The van der Waals surface area contributed by atoms with Crippen molar-refractivity contribution >= 4 is 21.4 Å². The second-order valence-corrected chi connectivity index (χ2v) is 5.50. The Labute approximate surface area is 114 Å². The van der Waals surface area contributed by atoms with Crippen LogP contribution in [0.1, 0.15) is 23.7 Å². The van der Waals surface area contributed by atoms with Gasteiger partial charge < -0.3 is 10.3 Å². The van der Waals surface area contributed by atoms with E-state index >= 15 is 0 Å². The van der Waals surface area contributed by atoms with Crippen LogP contribution in [0.5, 0.6) is 0 Å². The molecule has 0 saturated carbocycles. The molecule has 19 heavy (non-hydrogen) atoms. The van der Waals surface area contributed by atoms with Crippen molar-refractivity contribution in [3.8, 4) is 0 Å². The molecular weight excluding hydrogens is 261 g/mol. The first-order valence-electron chi connectivity index (χ1n) is 6.14. The Bertz CT molecular complexity index is 716. The Morgan fingerprint density at radius 1 is 1.42 bits per heavy atom. The number of rotatable bonds is 3. The van der Waals surface area contributed by atoms with Crippen molar-refractivity contribution in [3.05, 3.63) is 53.2 Å². The molecule has 0 aliphatic rings. The molecule has 5 heteroatoms. The first-order valence-corrected chi connectivity index (χ1v) is 6.96. The summed E-state index contributed by atoms with van der Waals surface area (Å²) in [6, 6.07) is 6.54. The zero-order chi connectivity index (χ0) is 13.4. The van der Waals surface area contributed by atoms with E-state index in [1.165, 1.54) is 17.4 Å². The van der Waals surface area contributed by atoms with E-state index < -0.39 is 0 Å². The first kappa shape index (κ1) is 12.3. The van der Waals surface area contributed by atoms with Gasteiger partial charge in [-0.05, 0) is 30.5 Å². The molecule has 0 bridgehead atoms. The molecule has 2 heterocycles. The van der Waals surface area contributed by atoms with Gasteiger partial charge in [0.25, 0.3) is 0 Å². The number of aromatic nitrogens is 2. The van der Waals surface area contributed by atoms with Crippen LogP contribution < -0.4 is 5.73 Å². The minimum absolute atomic E-state index is 0.218. The van der Waals surface area contributed by atoms with Crippen LogP contribution in [0, 0.1) is 5.82 Å². The zero-order valence-electron chi connectivity index (χ0n) is 10.5. The summed E-state index contributed by atoms with van der Waals surface area (Å²) in [6.45, 7) is 2.89. The lowest BCUT2D eigenvalue weighted by Gasteiger charge is -2.10. The second kappa shape index (κ2) is 4.75. The maximum absolute atomic E-state index is 13.2. The van der Waals surface area contributed by atoms with Gasteiger partial charge >= 0.3 is 0 Å². The molecule has 98 valence electrons. The van der Waals surface area contributed by atoms with Crippen molar-refractivity contribution in [3.63, 3.8) is 0 Å². The lowest BCUT2D eigenvalue weighted by atomic mass is 10.2. The number of aryl methyl sites for hydroxylation is 1. The van der Waals surface area contributed by atoms with Gasteiger partial charge in [0, 0.05) is 28.5 Å². The Balaban J connectivity index is 2.04. The highest BCUT2D eigenvalue weighted by Gasteiger charge is 2.17. The number of fused-ring (bicyclic) bond motifs is 1. The van der Waals surface area contributed by atoms with Gasteiger partial charge in [-0.2, -0.15) is 0 Å². The highest BCUT2D eigenvalue weighted by Crippen LogP contribution is 2.31. The van der Waals surface area contributed by atoms with Crippen LogP contribution in [-0.2, 0) is 6.54 Å². The predicted octanol–water partition coefficient (Wildman–Crippen LogP) is 3.30. The molecular formula is C14H14FN3S. The van der Waals surface area contributed by atoms with E-state index in [9.17, 15) is 4.39 Å². The number of hydrogen-bond donors (Lipinski definition) is 1. The summed E-state index contributed by atoms with van der Waals surface area (Å²) in [6.07, 6.45) is 3.67. The first-order chi connectivity index (χ1) is 9.19. The molecule has 0 aliphatic carbocycles. The minimum atomic E-state index is -0.268. The van der Waals surface area contributed by atoms with Crippen molar-refractivity contribution in [1.82, 2.24) is 9.55 Å². The molecule has 3 rings (SSSR count). The molecule has 0 amide bonds. The van der Waals surface area contributed by atoms with Crippen molar-refractivity contribution < 1.29 is 4.39 Å². The zero-order valence-corrected chi connectivity index (χ0v) is 11.3. The van der Waals surface area contributed by atoms with E-state index in [-0.39, 0.29) is 11.9 Å². The summed E-state index contributed by atoms with van der Waals surface area (Å²) in [5.41, 5.74) is 6.27. The topological polar surface area (TPSA) is 43.8 Å². The third-order valence-corrected chi connectivity index (χ3v) is 4.36. The number of nitrogens with zero attached hydrogens (tertiary/aromatic N) is 2. The van der Waals surface area contributed by atoms with Gasteiger partial charge in [-0.15, -0.1) is 11.3 Å². The average molecular weight is 275 g/mol. The molecule has 2 aromatic heterocycles. The predicted molar refractivity (Wildman–Crippen MR) is 75.7 cm³/mol. The van der Waals surface area contributed by atoms with Gasteiger partial charge in [-0.25, -0.2) is 9.37 Å². The van der Waals surface area contributed by atoms with Gasteiger partial charge in [0.05, 0.1) is 6.04 Å². The smallest absolute Gasteiger partial charge is 0.131 e. The Kier molecular flexibility index (Phi) is 3.08. The summed E-state index contributed by atoms with van der Waals surface area (Å²) >= 11 is 1.52. The van der Waals surface area contributed by atoms with Crippen LogP contribution in [0.15, 0.2) is 36.7 Å². The van der Waals surface area contributed by atoms with Gasteiger partial charge in [0.15, 0.2) is 0 Å². The number of benzene rings is 1. The number of imidazole rings is 1. The maximum Gasteiger partial charge on any atom is 0.131 e. The molecule has 0 radical (unpaired) electrons. The second-order valence-electron chi connectivity index (χ2n) is 4.38. The quantitative estimate of drug-likeness (QED) is 0.797. The highest BCUT2D eigenvalue weighted by atomic mass is 32.1. The molecule has 2 N–H and O–H groups in total. The van der Waals surface area contributed by atoms with Crippen molar-refractivity contribution in [2.45, 2.75) is 19.5 Å². The SMILES string of the molecule is CCn1ccnc1C(N)c1cc2ccc(F)cc2s1. The van der Waals surface area contributed by atoms with Crippen LogP contribution in [0.4, 0.5) is 4.39 Å². The molecule has 1 atom stereocenters. The molecule has 1 unspecified atom stereocenters. The van der Waals surface area contributed by atoms with Gasteiger partial charge in [0.2, 0.25) is 0 Å². The summed E-state index contributed by atoms with van der Waals surface area (Å²) in [4.78, 5) is 5.32. The lowest BCUT2D eigenvalue weighted by molar-refractivity contribution is 0.630. The van der Waals surface area contributed by atoms with E-state index in [2.05, 4.69) is 11.9 Å². The van der Waals surface area contributed by atoms with Crippen molar-refractivity contribution in [2.24, 2.45) is 5.73 Å². The summed E-state index contributed by atoms with van der Waals surface area (Å²) in [5, 5.41) is 1.02. The summed E-state index contributed by atoms with van der Waals surface area (Å²) in [5.74, 6) is 0.624. The summed E-state index contributed by atoms with van der Waals surface area (Å²) in [7, 11) is 0. The molecule has 0 spiro atoms. The van der Waals surface area contributed by atoms with Crippen LogP contribution >= 0.6 is 11.3 Å².